The Labute approximate surface area is 256 Å². The van der Waals surface area contributed by atoms with Crippen molar-refractivity contribution in [2.24, 2.45) is 7.05 Å². The lowest BCUT2D eigenvalue weighted by molar-refractivity contribution is -0.126. The zero-order valence-electron chi connectivity index (χ0n) is 24.2. The summed E-state index contributed by atoms with van der Waals surface area (Å²) in [5.74, 6) is 0.676. The number of piperazine rings is 1. The number of rotatable bonds is 6. The van der Waals surface area contributed by atoms with Crippen LogP contribution in [0.5, 0.6) is 23.4 Å². The van der Waals surface area contributed by atoms with Crippen LogP contribution in [0.3, 0.4) is 0 Å². The highest BCUT2D eigenvalue weighted by molar-refractivity contribution is 6.33. The summed E-state index contributed by atoms with van der Waals surface area (Å²) in [6.07, 6.45) is 7.18. The average Bonchev–Trinajstić information content (AvgIpc) is 3.62. The van der Waals surface area contributed by atoms with Gasteiger partial charge in [-0.3, -0.25) is 9.89 Å². The molecule has 1 fully saturated rings. The second kappa shape index (κ2) is 11.1. The summed E-state index contributed by atoms with van der Waals surface area (Å²) in [5, 5.41) is 7.69. The van der Waals surface area contributed by atoms with E-state index in [2.05, 4.69) is 43.2 Å². The standard InChI is InChI=1S/C30H29ClFN9O3/c1-4-24(42)40-9-11-41(12-10-40)28-18-5-7-33-29(44-27-19-14-34-37-21(19)13-20(32)25(27)31)26(18)35-30(36-28)43-23-16-39(3)22-15-38(2)8-6-17(22)23/h4-5,7,13-14,16H,1,6,8-12,15H2,2-3H3,(H,34,37). The van der Waals surface area contributed by atoms with Crippen LogP contribution in [0, 0.1) is 5.82 Å². The highest BCUT2D eigenvalue weighted by Crippen LogP contribution is 2.41. The first-order chi connectivity index (χ1) is 21.3. The van der Waals surface area contributed by atoms with Gasteiger partial charge in [0.1, 0.15) is 22.2 Å². The van der Waals surface area contributed by atoms with Crippen molar-refractivity contribution in [2.75, 3.05) is 44.7 Å². The lowest BCUT2D eigenvalue weighted by Crippen LogP contribution is -2.48. The highest BCUT2D eigenvalue weighted by Gasteiger charge is 2.27. The van der Waals surface area contributed by atoms with Crippen LogP contribution in [-0.2, 0) is 24.8 Å². The fourth-order valence-corrected chi connectivity index (χ4v) is 6.00. The van der Waals surface area contributed by atoms with Crippen molar-refractivity contribution < 1.29 is 18.7 Å². The number of likely N-dealkylation sites (N-methyl/N-ethyl adjacent to an activating group) is 1. The van der Waals surface area contributed by atoms with E-state index in [0.29, 0.717) is 59.6 Å². The quantitative estimate of drug-likeness (QED) is 0.276. The molecule has 2 aliphatic heterocycles. The first kappa shape index (κ1) is 28.0. The molecular weight excluding hydrogens is 589 g/mol. The number of carbonyl (C=O) groups excluding carboxylic acids is 1. The molecule has 0 radical (unpaired) electrons. The molecule has 0 unspecified atom stereocenters. The number of hydrogen-bond donors (Lipinski definition) is 1. The van der Waals surface area contributed by atoms with E-state index in [1.54, 1.807) is 17.2 Å². The number of fused-ring (bicyclic) bond motifs is 3. The Morgan fingerprint density at radius 2 is 1.95 bits per heavy atom. The molecule has 0 atom stereocenters. The van der Waals surface area contributed by atoms with Gasteiger partial charge in [-0.05, 0) is 25.6 Å². The summed E-state index contributed by atoms with van der Waals surface area (Å²) >= 11 is 6.37. The van der Waals surface area contributed by atoms with Crippen LogP contribution in [0.4, 0.5) is 10.2 Å². The monoisotopic (exact) mass is 617 g/mol. The van der Waals surface area contributed by atoms with Gasteiger partial charge in [-0.15, -0.1) is 0 Å². The zero-order chi connectivity index (χ0) is 30.5. The Morgan fingerprint density at radius 1 is 1.14 bits per heavy atom. The van der Waals surface area contributed by atoms with E-state index in [1.807, 2.05) is 13.2 Å². The third-order valence-electron chi connectivity index (χ3n) is 8.15. The molecule has 0 spiro atoms. The molecule has 6 heterocycles. The number of nitrogens with one attached hydrogen (secondary N) is 1. The minimum Gasteiger partial charge on any atom is -0.434 e. The second-order valence-corrected chi connectivity index (χ2v) is 11.3. The van der Waals surface area contributed by atoms with Crippen LogP contribution in [0.1, 0.15) is 11.3 Å². The summed E-state index contributed by atoms with van der Waals surface area (Å²) in [4.78, 5) is 32.4. The SMILES string of the molecule is C=CC(=O)N1CCN(c2nc(Oc3cn(C)c4c3CCN(C)C4)nc3c(Oc4c(Cl)c(F)cc5[nH]ncc45)nccc23)CC1. The van der Waals surface area contributed by atoms with Crippen molar-refractivity contribution in [1.82, 2.24) is 39.5 Å². The number of aromatic amines is 1. The van der Waals surface area contributed by atoms with E-state index >= 15 is 0 Å². The fourth-order valence-electron chi connectivity index (χ4n) is 5.81. The third kappa shape index (κ3) is 4.87. The first-order valence-electron chi connectivity index (χ1n) is 14.2. The zero-order valence-corrected chi connectivity index (χ0v) is 24.9. The predicted molar refractivity (Wildman–Crippen MR) is 163 cm³/mol. The molecular formula is C30H29ClFN9O3. The molecule has 4 aromatic heterocycles. The molecule has 1 amide bonds. The van der Waals surface area contributed by atoms with Gasteiger partial charge in [0.15, 0.2) is 11.5 Å². The number of aromatic nitrogens is 6. The molecule has 0 bridgehead atoms. The van der Waals surface area contributed by atoms with E-state index in [1.165, 1.54) is 24.0 Å². The molecule has 7 rings (SSSR count). The summed E-state index contributed by atoms with van der Waals surface area (Å²) in [6.45, 7) is 7.38. The summed E-state index contributed by atoms with van der Waals surface area (Å²) in [6, 6.07) is 3.17. The number of anilines is 1. The molecule has 0 aliphatic carbocycles. The van der Waals surface area contributed by atoms with Crippen LogP contribution < -0.4 is 14.4 Å². The number of aryl methyl sites for hydroxylation is 1. The van der Waals surface area contributed by atoms with Crippen molar-refractivity contribution in [2.45, 2.75) is 13.0 Å². The number of nitrogens with zero attached hydrogens (tertiary/aromatic N) is 8. The van der Waals surface area contributed by atoms with Crippen molar-refractivity contribution in [3.05, 3.63) is 65.5 Å². The van der Waals surface area contributed by atoms with E-state index in [9.17, 15) is 9.18 Å². The van der Waals surface area contributed by atoms with Gasteiger partial charge in [-0.2, -0.15) is 15.1 Å². The van der Waals surface area contributed by atoms with Gasteiger partial charge < -0.3 is 28.7 Å². The molecule has 1 saturated heterocycles. The maximum atomic E-state index is 14.7. The van der Waals surface area contributed by atoms with E-state index in [4.69, 9.17) is 31.0 Å². The Bertz CT molecular complexity index is 1930. The Morgan fingerprint density at radius 3 is 2.75 bits per heavy atom. The van der Waals surface area contributed by atoms with E-state index < -0.39 is 5.82 Å². The molecule has 2 aliphatic rings. The van der Waals surface area contributed by atoms with Crippen LogP contribution >= 0.6 is 11.6 Å². The number of benzene rings is 1. The van der Waals surface area contributed by atoms with Crippen LogP contribution in [-0.4, -0.2) is 85.2 Å². The minimum atomic E-state index is -0.663. The highest BCUT2D eigenvalue weighted by atomic mass is 35.5. The van der Waals surface area contributed by atoms with Crippen molar-refractivity contribution >= 4 is 45.1 Å². The van der Waals surface area contributed by atoms with Gasteiger partial charge >= 0.3 is 6.01 Å². The number of ether oxygens (including phenoxy) is 2. The number of amides is 1. The number of pyridine rings is 1. The summed E-state index contributed by atoms with van der Waals surface area (Å²) in [7, 11) is 4.09. The molecule has 44 heavy (non-hydrogen) atoms. The van der Waals surface area contributed by atoms with Gasteiger partial charge in [-0.1, -0.05) is 18.2 Å². The molecule has 5 aromatic rings. The van der Waals surface area contributed by atoms with Gasteiger partial charge in [-0.25, -0.2) is 9.37 Å². The topological polar surface area (TPSA) is 118 Å². The molecule has 226 valence electrons. The second-order valence-electron chi connectivity index (χ2n) is 10.9. The molecule has 0 saturated carbocycles. The number of hydrogen-bond acceptors (Lipinski definition) is 9. The van der Waals surface area contributed by atoms with Gasteiger partial charge in [0.2, 0.25) is 11.8 Å². The lowest BCUT2D eigenvalue weighted by Gasteiger charge is -2.35. The Balaban J connectivity index is 1.33. The van der Waals surface area contributed by atoms with Crippen molar-refractivity contribution in [3.63, 3.8) is 0 Å². The van der Waals surface area contributed by atoms with E-state index in [-0.39, 0.29) is 28.6 Å². The van der Waals surface area contributed by atoms with Gasteiger partial charge in [0, 0.05) is 76.0 Å². The maximum Gasteiger partial charge on any atom is 0.324 e. The summed E-state index contributed by atoms with van der Waals surface area (Å²) < 4.78 is 29.4. The van der Waals surface area contributed by atoms with Gasteiger partial charge in [0.25, 0.3) is 0 Å². The lowest BCUT2D eigenvalue weighted by atomic mass is 10.1. The molecule has 1 aromatic carbocycles. The summed E-state index contributed by atoms with van der Waals surface area (Å²) in [5.41, 5.74) is 3.07. The van der Waals surface area contributed by atoms with E-state index in [0.717, 1.165) is 25.1 Å². The average molecular weight is 618 g/mol. The number of carbonyl (C=O) groups is 1. The van der Waals surface area contributed by atoms with Crippen molar-refractivity contribution in [3.8, 4) is 23.4 Å². The first-order valence-corrected chi connectivity index (χ1v) is 14.5. The molecule has 14 heteroatoms. The van der Waals surface area contributed by atoms with Crippen LogP contribution in [0.2, 0.25) is 5.02 Å². The largest absolute Gasteiger partial charge is 0.434 e. The maximum absolute atomic E-state index is 14.7. The smallest absolute Gasteiger partial charge is 0.324 e. The molecule has 12 nitrogen and oxygen atoms in total. The van der Waals surface area contributed by atoms with Crippen molar-refractivity contribution in [1.29, 1.82) is 0 Å². The normalized spacial score (nSPS) is 15.5. The predicted octanol–water partition coefficient (Wildman–Crippen LogP) is 4.44. The van der Waals surface area contributed by atoms with Crippen LogP contribution in [0.25, 0.3) is 21.8 Å². The van der Waals surface area contributed by atoms with Gasteiger partial charge in [0.05, 0.1) is 22.5 Å². The number of H-pyrrole nitrogens is 1. The Hall–Kier alpha value is -4.75. The third-order valence-corrected chi connectivity index (χ3v) is 8.50. The number of halogens is 2. The van der Waals surface area contributed by atoms with Crippen LogP contribution in [0.15, 0.2) is 43.4 Å². The molecule has 1 N–H and O–H groups in total. The fraction of sp³-hybridized carbons (Fsp3) is 0.300. The Kier molecular flexibility index (Phi) is 7.05. The minimum absolute atomic E-state index is 0.0656.